The fourth-order valence-corrected chi connectivity index (χ4v) is 5.12. The second-order valence-corrected chi connectivity index (χ2v) is 9.47. The van der Waals surface area contributed by atoms with Crippen molar-refractivity contribution in [1.82, 2.24) is 15.0 Å². The Labute approximate surface area is 224 Å². The van der Waals surface area contributed by atoms with Crippen molar-refractivity contribution in [3.05, 3.63) is 75.4 Å². The Morgan fingerprint density at radius 2 is 2.16 bits per heavy atom. The average Bonchev–Trinajstić information content (AvgIpc) is 3.36. The van der Waals surface area contributed by atoms with Gasteiger partial charge in [-0.2, -0.15) is 5.26 Å². The fourth-order valence-electron chi connectivity index (χ4n) is 3.23. The van der Waals surface area contributed by atoms with Crippen LogP contribution < -0.4 is 15.8 Å². The molecule has 13 heteroatoms. The summed E-state index contributed by atoms with van der Waals surface area (Å²) in [5.74, 6) is 0.0657. The van der Waals surface area contributed by atoms with Crippen molar-refractivity contribution >= 4 is 57.0 Å². The summed E-state index contributed by atoms with van der Waals surface area (Å²) in [6.45, 7) is 7.51. The predicted molar refractivity (Wildman–Crippen MR) is 142 cm³/mol. The molecule has 0 aliphatic rings. The topological polar surface area (TPSA) is 134 Å². The van der Waals surface area contributed by atoms with E-state index in [1.54, 1.807) is 29.6 Å². The molecule has 0 atom stereocenters. The van der Waals surface area contributed by atoms with Crippen molar-refractivity contribution in [3.8, 4) is 23.1 Å². The van der Waals surface area contributed by atoms with Crippen LogP contribution in [-0.4, -0.2) is 33.3 Å². The number of pyridine rings is 2. The normalized spacial score (nSPS) is 10.5. The van der Waals surface area contributed by atoms with Gasteiger partial charge in [-0.15, -0.1) is 11.3 Å². The Balaban J connectivity index is 1.58. The van der Waals surface area contributed by atoms with Gasteiger partial charge < -0.3 is 20.9 Å². The number of nitrogen functional groups attached to an aromatic ring is 1. The zero-order valence-electron chi connectivity index (χ0n) is 18.9. The third-order valence-corrected chi connectivity index (χ3v) is 6.96. The number of anilines is 3. The van der Waals surface area contributed by atoms with Crippen molar-refractivity contribution in [2.24, 2.45) is 0 Å². The number of ether oxygens (including phenoxy) is 1. The van der Waals surface area contributed by atoms with E-state index in [9.17, 15) is 9.65 Å². The largest absolute Gasteiger partial charge is 0.475 e. The summed E-state index contributed by atoms with van der Waals surface area (Å²) >= 11 is 8.36. The van der Waals surface area contributed by atoms with Crippen molar-refractivity contribution in [2.75, 3.05) is 24.3 Å². The average molecular weight is 554 g/mol. The maximum atomic E-state index is 14.2. The van der Waals surface area contributed by atoms with Gasteiger partial charge >= 0.3 is 0 Å². The van der Waals surface area contributed by atoms with Crippen molar-refractivity contribution in [2.45, 2.75) is 10.8 Å². The van der Waals surface area contributed by atoms with Crippen LogP contribution in [0.3, 0.4) is 0 Å². The minimum Gasteiger partial charge on any atom is -0.475 e. The number of aromatic nitrogens is 3. The molecule has 9 nitrogen and oxygen atoms in total. The molecule has 0 bridgehead atoms. The molecule has 37 heavy (non-hydrogen) atoms. The summed E-state index contributed by atoms with van der Waals surface area (Å²) in [6.07, 6.45) is 1.47. The molecule has 1 aromatic carbocycles. The van der Waals surface area contributed by atoms with Crippen molar-refractivity contribution < 1.29 is 14.2 Å². The van der Waals surface area contributed by atoms with Gasteiger partial charge in [0.2, 0.25) is 11.6 Å². The van der Waals surface area contributed by atoms with Gasteiger partial charge in [-0.1, -0.05) is 29.4 Å². The molecule has 0 aliphatic carbocycles. The molecular formula is C24H17ClFN7O2S2. The van der Waals surface area contributed by atoms with Gasteiger partial charge in [-0.05, 0) is 23.8 Å². The summed E-state index contributed by atoms with van der Waals surface area (Å²) in [7, 11) is 0. The number of aliphatic hydroxyl groups excluding tert-OH is 1. The van der Waals surface area contributed by atoms with Gasteiger partial charge in [0.05, 0.1) is 35.1 Å². The van der Waals surface area contributed by atoms with Gasteiger partial charge in [0, 0.05) is 29.0 Å². The first-order valence-corrected chi connectivity index (χ1v) is 12.8. The second-order valence-electron chi connectivity index (χ2n) is 7.24. The first kappa shape index (κ1) is 26.1. The molecule has 4 rings (SSSR count). The van der Waals surface area contributed by atoms with Crippen LogP contribution in [0.5, 0.6) is 5.88 Å². The lowest BCUT2D eigenvalue weighted by Crippen LogP contribution is -2.03. The number of rotatable bonds is 9. The van der Waals surface area contributed by atoms with Gasteiger partial charge in [0.15, 0.2) is 10.9 Å². The number of nitrogens with one attached hydrogen (secondary N) is 1. The van der Waals surface area contributed by atoms with Crippen LogP contribution in [0.25, 0.3) is 16.0 Å². The molecule has 0 saturated heterocycles. The first-order valence-electron chi connectivity index (χ1n) is 10.5. The third-order valence-electron chi connectivity index (χ3n) is 4.86. The second kappa shape index (κ2) is 11.9. The molecule has 3 aromatic heterocycles. The lowest BCUT2D eigenvalue weighted by Gasteiger charge is -2.13. The predicted octanol–water partition coefficient (Wildman–Crippen LogP) is 5.80. The Bertz CT molecular complexity index is 1520. The highest BCUT2D eigenvalue weighted by Gasteiger charge is 2.21. The molecular weight excluding hydrogens is 537 g/mol. The van der Waals surface area contributed by atoms with E-state index < -0.39 is 5.82 Å². The molecule has 0 fully saturated rings. The minimum atomic E-state index is -0.566. The Morgan fingerprint density at radius 1 is 1.32 bits per heavy atom. The Morgan fingerprint density at radius 3 is 2.86 bits per heavy atom. The van der Waals surface area contributed by atoms with E-state index in [4.69, 9.17) is 33.8 Å². The number of thioether (sulfide) groups is 1. The Kier molecular flexibility index (Phi) is 8.38. The van der Waals surface area contributed by atoms with Gasteiger partial charge in [-0.3, -0.25) is 0 Å². The van der Waals surface area contributed by atoms with Crippen LogP contribution >= 0.6 is 34.7 Å². The number of aliphatic hydroxyl groups is 1. The van der Waals surface area contributed by atoms with Crippen LogP contribution in [0.15, 0.2) is 46.9 Å². The molecule has 0 spiro atoms. The zero-order valence-corrected chi connectivity index (χ0v) is 21.3. The maximum absolute atomic E-state index is 14.2. The highest BCUT2D eigenvalue weighted by atomic mass is 35.5. The monoisotopic (exact) mass is 553 g/mol. The summed E-state index contributed by atoms with van der Waals surface area (Å²) in [6, 6.07) is 10.0. The number of nitriles is 1. The third kappa shape index (κ3) is 5.90. The van der Waals surface area contributed by atoms with E-state index in [1.165, 1.54) is 35.4 Å². The van der Waals surface area contributed by atoms with Gasteiger partial charge in [-0.25, -0.2) is 24.2 Å². The SMILES string of the molecule is [C-]#[N+]c1c(N)nc(SCc2csc(Nc3cccc(Cl)c3F)n2)c(C#N)c1-c1ccc(OCCO)nc1. The van der Waals surface area contributed by atoms with Crippen LogP contribution in [0, 0.1) is 23.7 Å². The smallest absolute Gasteiger partial charge is 0.237 e. The Hall–Kier alpha value is -3.94. The first-order chi connectivity index (χ1) is 17.9. The number of nitrogens with zero attached hydrogens (tertiary/aromatic N) is 5. The molecule has 0 radical (unpaired) electrons. The number of thiazole rings is 1. The molecule has 186 valence electrons. The molecule has 0 saturated carbocycles. The van der Waals surface area contributed by atoms with Crippen LogP contribution in [0.4, 0.5) is 26.7 Å². The van der Waals surface area contributed by atoms with E-state index >= 15 is 0 Å². The summed E-state index contributed by atoms with van der Waals surface area (Å²) < 4.78 is 19.5. The molecule has 3 heterocycles. The summed E-state index contributed by atoms with van der Waals surface area (Å²) in [5, 5.41) is 24.4. The standard InChI is InChI=1S/C24H17ClFN7O2S2/c1-29-21-19(13-5-6-18(30-10-13)35-8-7-34)15(9-27)23(33-22(21)28)36-11-14-12-37-24(31-14)32-17-4-2-3-16(25)20(17)26/h2-6,10,12,34H,7-8,11H2,(H2,28,33)(H,31,32). The minimum absolute atomic E-state index is 0.00576. The van der Waals surface area contributed by atoms with E-state index in [-0.39, 0.29) is 41.0 Å². The van der Waals surface area contributed by atoms with E-state index in [0.717, 1.165) is 0 Å². The number of hydrogen-bond acceptors (Lipinski definition) is 10. The van der Waals surface area contributed by atoms with Crippen molar-refractivity contribution in [3.63, 3.8) is 0 Å². The number of nitrogens with two attached hydrogens (primary N) is 1. The number of benzene rings is 1. The van der Waals surface area contributed by atoms with E-state index in [2.05, 4.69) is 31.2 Å². The van der Waals surface area contributed by atoms with Crippen LogP contribution in [0.1, 0.15) is 11.3 Å². The number of hydrogen-bond donors (Lipinski definition) is 3. The van der Waals surface area contributed by atoms with Crippen LogP contribution in [0.2, 0.25) is 5.02 Å². The fraction of sp³-hybridized carbons (Fsp3) is 0.125. The van der Waals surface area contributed by atoms with Crippen molar-refractivity contribution in [1.29, 1.82) is 5.26 Å². The molecule has 0 aliphatic heterocycles. The van der Waals surface area contributed by atoms with Crippen LogP contribution in [-0.2, 0) is 5.75 Å². The van der Waals surface area contributed by atoms with E-state index in [1.807, 2.05) is 0 Å². The molecule has 4 N–H and O–H groups in total. The molecule has 0 unspecified atom stereocenters. The lowest BCUT2D eigenvalue weighted by molar-refractivity contribution is 0.196. The summed E-state index contributed by atoms with van der Waals surface area (Å²) in [4.78, 5) is 16.4. The lowest BCUT2D eigenvalue weighted by atomic mass is 10.0. The quantitative estimate of drug-likeness (QED) is 0.173. The highest BCUT2D eigenvalue weighted by Crippen LogP contribution is 2.42. The van der Waals surface area contributed by atoms with E-state index in [0.29, 0.717) is 38.6 Å². The van der Waals surface area contributed by atoms with Gasteiger partial charge in [0.1, 0.15) is 23.5 Å². The van der Waals surface area contributed by atoms with Gasteiger partial charge in [0.25, 0.3) is 0 Å². The molecule has 4 aromatic rings. The number of halogens is 2. The zero-order chi connectivity index (χ0) is 26.4. The maximum Gasteiger partial charge on any atom is 0.237 e. The summed E-state index contributed by atoms with van der Waals surface area (Å²) in [5.41, 5.74) is 8.03. The highest BCUT2D eigenvalue weighted by molar-refractivity contribution is 7.98. The molecule has 0 amide bonds.